The molecular weight excluding hydrogens is 547 g/mol. The second-order valence-corrected chi connectivity index (χ2v) is 13.2. The highest BCUT2D eigenvalue weighted by atomic mass is 32.2. The van der Waals surface area contributed by atoms with Crippen LogP contribution in [0.25, 0.3) is 0 Å². The molecule has 9 nitrogen and oxygen atoms in total. The summed E-state index contributed by atoms with van der Waals surface area (Å²) in [6.07, 6.45) is -0.0832. The Hall–Kier alpha value is -2.69. The minimum atomic E-state index is -4.44. The fourth-order valence-corrected chi connectivity index (χ4v) is 7.89. The van der Waals surface area contributed by atoms with E-state index in [2.05, 4.69) is 11.4 Å². The molecule has 1 aliphatic carbocycles. The van der Waals surface area contributed by atoms with Crippen LogP contribution in [0.2, 0.25) is 0 Å². The molecule has 40 heavy (non-hydrogen) atoms. The molecule has 1 saturated carbocycles. The first kappa shape index (κ1) is 28.8. The minimum Gasteiger partial charge on any atom is -0.347 e. The summed E-state index contributed by atoms with van der Waals surface area (Å²) in [5.41, 5.74) is -0.142. The molecular formula is C27H34F3N5O4S. The highest BCUT2D eigenvalue weighted by molar-refractivity contribution is 7.86. The third kappa shape index (κ3) is 5.99. The van der Waals surface area contributed by atoms with E-state index >= 15 is 0 Å². The lowest BCUT2D eigenvalue weighted by Gasteiger charge is -2.36. The van der Waals surface area contributed by atoms with Gasteiger partial charge in [0.15, 0.2) is 0 Å². The molecule has 1 N–H and O–H groups in total. The Morgan fingerprint density at radius 2 is 1.62 bits per heavy atom. The van der Waals surface area contributed by atoms with Gasteiger partial charge in [0.05, 0.1) is 29.5 Å². The Bertz CT molecular complexity index is 1260. The van der Waals surface area contributed by atoms with Crippen molar-refractivity contribution in [1.29, 1.82) is 5.26 Å². The van der Waals surface area contributed by atoms with Crippen molar-refractivity contribution in [3.05, 3.63) is 35.4 Å². The van der Waals surface area contributed by atoms with Crippen molar-refractivity contribution in [1.82, 2.24) is 18.8 Å². The van der Waals surface area contributed by atoms with Gasteiger partial charge in [0.25, 0.3) is 10.2 Å². The van der Waals surface area contributed by atoms with Crippen molar-refractivity contribution in [2.45, 2.75) is 63.2 Å². The summed E-state index contributed by atoms with van der Waals surface area (Å²) in [4.78, 5) is 28.6. The van der Waals surface area contributed by atoms with Gasteiger partial charge < -0.3 is 10.2 Å². The molecule has 3 saturated heterocycles. The summed E-state index contributed by atoms with van der Waals surface area (Å²) in [6, 6.07) is 5.84. The first-order chi connectivity index (χ1) is 19.0. The summed E-state index contributed by atoms with van der Waals surface area (Å²) in [6.45, 7) is 1.18. The first-order valence-electron chi connectivity index (χ1n) is 13.9. The number of likely N-dealkylation sites (tertiary alicyclic amines) is 1. The minimum absolute atomic E-state index is 0.0377. The van der Waals surface area contributed by atoms with Crippen molar-refractivity contribution < 1.29 is 31.2 Å². The predicted molar refractivity (Wildman–Crippen MR) is 138 cm³/mol. The number of amides is 2. The monoisotopic (exact) mass is 581 g/mol. The van der Waals surface area contributed by atoms with Gasteiger partial charge in [-0.25, -0.2) is 0 Å². The maximum Gasteiger partial charge on any atom is 0.416 e. The third-order valence-corrected chi connectivity index (χ3v) is 10.5. The maximum absolute atomic E-state index is 13.6. The van der Waals surface area contributed by atoms with Crippen LogP contribution in [0.4, 0.5) is 13.2 Å². The number of halogens is 3. The Morgan fingerprint density at radius 3 is 2.25 bits per heavy atom. The number of nitrogens with zero attached hydrogens (tertiary/aromatic N) is 4. The van der Waals surface area contributed by atoms with Crippen molar-refractivity contribution in [2.75, 3.05) is 32.7 Å². The van der Waals surface area contributed by atoms with Crippen LogP contribution in [0, 0.1) is 29.1 Å². The molecule has 1 aromatic rings. The molecule has 4 atom stereocenters. The number of nitrogens with one attached hydrogen (secondary N) is 1. The van der Waals surface area contributed by atoms with E-state index in [0.717, 1.165) is 25.0 Å². The zero-order chi connectivity index (χ0) is 28.7. The zero-order valence-corrected chi connectivity index (χ0v) is 23.0. The molecule has 2 amide bonds. The van der Waals surface area contributed by atoms with Crippen LogP contribution in [-0.4, -0.2) is 72.5 Å². The highest BCUT2D eigenvalue weighted by Crippen LogP contribution is 2.42. The normalized spacial score (nSPS) is 27.4. The summed E-state index contributed by atoms with van der Waals surface area (Å²) in [7, 11) is -3.79. The number of carbonyl (C=O) groups is 2. The van der Waals surface area contributed by atoms with Crippen molar-refractivity contribution in [3.63, 3.8) is 0 Å². The highest BCUT2D eigenvalue weighted by Gasteiger charge is 2.44. The Balaban J connectivity index is 1.24. The molecule has 1 aromatic carbocycles. The number of hydrogen-bond donors (Lipinski definition) is 1. The number of hydrogen-bond acceptors (Lipinski definition) is 5. The molecule has 0 radical (unpaired) electrons. The van der Waals surface area contributed by atoms with E-state index in [1.165, 1.54) is 20.7 Å². The van der Waals surface area contributed by atoms with Gasteiger partial charge in [0.2, 0.25) is 11.8 Å². The lowest BCUT2D eigenvalue weighted by molar-refractivity contribution is -0.142. The summed E-state index contributed by atoms with van der Waals surface area (Å²) >= 11 is 0. The molecule has 4 fully saturated rings. The number of piperidine rings is 1. The Labute approximate surface area is 232 Å². The number of nitriles is 1. The smallest absolute Gasteiger partial charge is 0.347 e. The van der Waals surface area contributed by atoms with Crippen molar-refractivity contribution in [3.8, 4) is 6.07 Å². The van der Waals surface area contributed by atoms with E-state index in [1.807, 2.05) is 0 Å². The van der Waals surface area contributed by atoms with Gasteiger partial charge in [-0.05, 0) is 68.6 Å². The van der Waals surface area contributed by atoms with E-state index in [0.29, 0.717) is 50.8 Å². The second kappa shape index (κ2) is 11.3. The van der Waals surface area contributed by atoms with E-state index in [4.69, 9.17) is 5.26 Å². The van der Waals surface area contributed by atoms with Crippen molar-refractivity contribution in [2.24, 2.45) is 17.8 Å². The molecule has 218 valence electrons. The van der Waals surface area contributed by atoms with Crippen LogP contribution in [-0.2, 0) is 26.0 Å². The van der Waals surface area contributed by atoms with E-state index in [9.17, 15) is 31.2 Å². The van der Waals surface area contributed by atoms with Crippen LogP contribution < -0.4 is 5.32 Å². The van der Waals surface area contributed by atoms with Gasteiger partial charge in [-0.2, -0.15) is 35.5 Å². The van der Waals surface area contributed by atoms with Gasteiger partial charge in [0.1, 0.15) is 6.04 Å². The van der Waals surface area contributed by atoms with Crippen molar-refractivity contribution >= 4 is 22.0 Å². The fraction of sp³-hybridized carbons (Fsp3) is 0.667. The molecule has 0 spiro atoms. The summed E-state index contributed by atoms with van der Waals surface area (Å²) in [5.74, 6) is -1.34. The largest absolute Gasteiger partial charge is 0.416 e. The predicted octanol–water partition coefficient (Wildman–Crippen LogP) is 3.07. The average Bonchev–Trinajstić information content (AvgIpc) is 3.44. The molecule has 4 aliphatic rings. The third-order valence-electron chi connectivity index (χ3n) is 8.55. The number of rotatable bonds is 7. The molecule has 0 bridgehead atoms. The van der Waals surface area contributed by atoms with Crippen LogP contribution in [0.5, 0.6) is 0 Å². The van der Waals surface area contributed by atoms with Gasteiger partial charge in [0, 0.05) is 32.7 Å². The Morgan fingerprint density at radius 1 is 0.950 bits per heavy atom. The van der Waals surface area contributed by atoms with E-state index in [1.54, 1.807) is 4.90 Å². The average molecular weight is 582 g/mol. The lowest BCUT2D eigenvalue weighted by atomic mass is 9.97. The van der Waals surface area contributed by atoms with Gasteiger partial charge in [-0.3, -0.25) is 9.59 Å². The molecule has 13 heteroatoms. The SMILES string of the molecule is N#C[C@@H]1CCN(S(=O)(=O)N2CCC[C@H](C(=O)N3CCC[C@@H]3C(=O)N[C@@H](c3ccc(C(F)(F)F)cc3)C3CC3)C2)C1. The fourth-order valence-electron chi connectivity index (χ4n) is 6.13. The number of carbonyl (C=O) groups excluding carboxylic acids is 2. The number of alkyl halides is 3. The molecule has 3 heterocycles. The van der Waals surface area contributed by atoms with Crippen LogP contribution in [0.1, 0.15) is 62.1 Å². The quantitative estimate of drug-likeness (QED) is 0.532. The summed E-state index contributed by atoms with van der Waals surface area (Å²) < 4.78 is 68.1. The Kier molecular flexibility index (Phi) is 8.14. The van der Waals surface area contributed by atoms with Crippen LogP contribution >= 0.6 is 0 Å². The standard InChI is InChI=1S/C27H34F3N5O4S/c28-27(29,30)22-9-7-20(8-10-22)24(19-5-6-19)32-25(36)23-4-2-13-35(23)26(37)21-3-1-12-33(17-21)40(38,39)34-14-11-18(15-31)16-34/h7-10,18-19,21,23-24H,1-6,11-14,16-17H2,(H,32,36)/t18-,21-,23+,24+/m0/s1. The first-order valence-corrected chi connectivity index (χ1v) is 15.3. The van der Waals surface area contributed by atoms with E-state index < -0.39 is 40.0 Å². The van der Waals surface area contributed by atoms with Gasteiger partial charge in [-0.1, -0.05) is 12.1 Å². The lowest BCUT2D eigenvalue weighted by Crippen LogP contribution is -2.53. The topological polar surface area (TPSA) is 114 Å². The number of benzene rings is 1. The molecule has 5 rings (SSSR count). The summed E-state index contributed by atoms with van der Waals surface area (Å²) in [5, 5.41) is 12.2. The second-order valence-electron chi connectivity index (χ2n) is 11.3. The van der Waals surface area contributed by atoms with Gasteiger partial charge >= 0.3 is 6.18 Å². The molecule has 0 aromatic heterocycles. The molecule has 0 unspecified atom stereocenters. The molecule has 3 aliphatic heterocycles. The maximum atomic E-state index is 13.6. The zero-order valence-electron chi connectivity index (χ0n) is 22.1. The van der Waals surface area contributed by atoms with E-state index in [-0.39, 0.29) is 43.3 Å². The van der Waals surface area contributed by atoms with Crippen LogP contribution in [0.15, 0.2) is 24.3 Å². The van der Waals surface area contributed by atoms with Gasteiger partial charge in [-0.15, -0.1) is 0 Å². The van der Waals surface area contributed by atoms with Crippen LogP contribution in [0.3, 0.4) is 0 Å².